The first kappa shape index (κ1) is 9.82. The van der Waals surface area contributed by atoms with Gasteiger partial charge in [0.25, 0.3) is 0 Å². The van der Waals surface area contributed by atoms with E-state index in [0.717, 1.165) is 0 Å². The van der Waals surface area contributed by atoms with Crippen LogP contribution in [0.15, 0.2) is 28.8 Å². The van der Waals surface area contributed by atoms with Crippen LogP contribution in [0.4, 0.5) is 0 Å². The van der Waals surface area contributed by atoms with Crippen molar-refractivity contribution in [1.82, 2.24) is 0 Å². The molecule has 0 N–H and O–H groups in total. The Kier molecular flexibility index (Phi) is 4.99. The van der Waals surface area contributed by atoms with Crippen LogP contribution in [0.2, 0.25) is 0 Å². The largest absolute Gasteiger partial charge is 0.296 e. The molecular formula is C9H13NO. The van der Waals surface area contributed by atoms with Crippen LogP contribution < -0.4 is 0 Å². The number of nitrogens with zero attached hydrogens (tertiary/aromatic N) is 1. The quantitative estimate of drug-likeness (QED) is 0.343. The van der Waals surface area contributed by atoms with Gasteiger partial charge in [-0.25, -0.2) is 0 Å². The fourth-order valence-electron chi connectivity index (χ4n) is 0.625. The van der Waals surface area contributed by atoms with Gasteiger partial charge in [0.1, 0.15) is 0 Å². The van der Waals surface area contributed by atoms with E-state index in [1.807, 2.05) is 13.0 Å². The average molecular weight is 151 g/mol. The zero-order valence-electron chi connectivity index (χ0n) is 7.16. The fraction of sp³-hybridized carbons (Fsp3) is 0.333. The van der Waals surface area contributed by atoms with E-state index < -0.39 is 0 Å². The Morgan fingerprint density at radius 1 is 1.45 bits per heavy atom. The molecule has 2 heteroatoms. The molecule has 0 amide bonds. The smallest absolute Gasteiger partial charge is 0.159 e. The Morgan fingerprint density at radius 3 is 2.45 bits per heavy atom. The van der Waals surface area contributed by atoms with E-state index in [1.54, 1.807) is 25.4 Å². The second kappa shape index (κ2) is 5.59. The van der Waals surface area contributed by atoms with E-state index in [2.05, 4.69) is 4.99 Å². The Bertz CT molecular complexity index is 212. The summed E-state index contributed by atoms with van der Waals surface area (Å²) in [6.45, 7) is 3.41. The lowest BCUT2D eigenvalue weighted by molar-refractivity contribution is -0.113. The van der Waals surface area contributed by atoms with Gasteiger partial charge in [0.15, 0.2) is 5.78 Å². The molecule has 0 unspecified atom stereocenters. The Morgan fingerprint density at radius 2 is 2.09 bits per heavy atom. The molecule has 0 saturated carbocycles. The number of ketones is 1. The number of rotatable bonds is 3. The number of aliphatic imine (C=N–C) groups is 1. The van der Waals surface area contributed by atoms with Crippen molar-refractivity contribution in [3.63, 3.8) is 0 Å². The molecule has 0 aliphatic carbocycles. The van der Waals surface area contributed by atoms with Crippen molar-refractivity contribution in [1.29, 1.82) is 0 Å². The average Bonchev–Trinajstić information content (AvgIpc) is 1.97. The Balaban J connectivity index is 4.45. The molecule has 0 aromatic heterocycles. The van der Waals surface area contributed by atoms with Crippen LogP contribution in [-0.4, -0.2) is 19.0 Å². The van der Waals surface area contributed by atoms with E-state index in [-0.39, 0.29) is 5.78 Å². The summed E-state index contributed by atoms with van der Waals surface area (Å²) in [5, 5.41) is 0. The number of hydrogen-bond acceptors (Lipinski definition) is 2. The Hall–Kier alpha value is -1.18. The minimum Gasteiger partial charge on any atom is -0.296 e. The van der Waals surface area contributed by atoms with E-state index >= 15 is 0 Å². The third kappa shape index (κ3) is 4.25. The highest BCUT2D eigenvalue weighted by atomic mass is 16.1. The van der Waals surface area contributed by atoms with E-state index in [9.17, 15) is 4.79 Å². The maximum absolute atomic E-state index is 10.9. The molecule has 0 aromatic rings. The van der Waals surface area contributed by atoms with Crippen LogP contribution >= 0.6 is 0 Å². The summed E-state index contributed by atoms with van der Waals surface area (Å²) in [5.41, 5.74) is 0.679. The molecule has 0 rings (SSSR count). The number of allylic oxidation sites excluding steroid dienone is 4. The van der Waals surface area contributed by atoms with Crippen LogP contribution in [0, 0.1) is 0 Å². The third-order valence-corrected chi connectivity index (χ3v) is 1.16. The molecule has 0 fully saturated rings. The standard InChI is InChI=1S/C9H13NO/c1-4-5-9(8(2)11)6-7-10-3/h4-7H,1-3H3/b5-4-,9-6+,10-7+. The van der Waals surface area contributed by atoms with Gasteiger partial charge in [-0.3, -0.25) is 9.79 Å². The molecule has 0 aromatic carbocycles. The van der Waals surface area contributed by atoms with Crippen LogP contribution in [-0.2, 0) is 4.79 Å². The van der Waals surface area contributed by atoms with Gasteiger partial charge < -0.3 is 0 Å². The van der Waals surface area contributed by atoms with Gasteiger partial charge in [0.2, 0.25) is 0 Å². The maximum atomic E-state index is 10.9. The fourth-order valence-corrected chi connectivity index (χ4v) is 0.625. The maximum Gasteiger partial charge on any atom is 0.159 e. The molecule has 0 spiro atoms. The first-order valence-corrected chi connectivity index (χ1v) is 3.48. The second-order valence-corrected chi connectivity index (χ2v) is 2.09. The molecule has 0 heterocycles. The lowest BCUT2D eigenvalue weighted by Gasteiger charge is -1.90. The molecule has 0 aliphatic rings. The minimum atomic E-state index is 0.0583. The summed E-state index contributed by atoms with van der Waals surface area (Å²) in [5.74, 6) is 0.0583. The SMILES string of the molecule is C\C=C/C(=C\C=N\C)C(C)=O. The molecule has 11 heavy (non-hydrogen) atoms. The predicted octanol–water partition coefficient (Wildman–Crippen LogP) is 1.78. The summed E-state index contributed by atoms with van der Waals surface area (Å²) in [6.07, 6.45) is 6.90. The number of carbonyl (C=O) groups excluding carboxylic acids is 1. The first-order chi connectivity index (χ1) is 5.22. The second-order valence-electron chi connectivity index (χ2n) is 2.09. The van der Waals surface area contributed by atoms with Crippen LogP contribution in [0.1, 0.15) is 13.8 Å². The molecule has 0 radical (unpaired) electrons. The predicted molar refractivity (Wildman–Crippen MR) is 48.0 cm³/mol. The topological polar surface area (TPSA) is 29.4 Å². The summed E-state index contributed by atoms with van der Waals surface area (Å²) in [4.78, 5) is 14.6. The van der Waals surface area contributed by atoms with Crippen molar-refractivity contribution in [3.05, 3.63) is 23.8 Å². The summed E-state index contributed by atoms with van der Waals surface area (Å²) < 4.78 is 0. The zero-order chi connectivity index (χ0) is 8.69. The van der Waals surface area contributed by atoms with E-state index in [0.29, 0.717) is 5.57 Å². The van der Waals surface area contributed by atoms with Gasteiger partial charge in [0, 0.05) is 18.8 Å². The third-order valence-electron chi connectivity index (χ3n) is 1.16. The van der Waals surface area contributed by atoms with Crippen LogP contribution in [0.3, 0.4) is 0 Å². The highest BCUT2D eigenvalue weighted by molar-refractivity contribution is 5.99. The summed E-state index contributed by atoms with van der Waals surface area (Å²) in [6, 6.07) is 0. The van der Waals surface area contributed by atoms with E-state index in [4.69, 9.17) is 0 Å². The Labute approximate surface area is 67.3 Å². The molecule has 60 valence electrons. The lowest BCUT2D eigenvalue weighted by Crippen LogP contribution is -1.92. The van der Waals surface area contributed by atoms with Crippen molar-refractivity contribution >= 4 is 12.0 Å². The number of Topliss-reactive ketones (excluding diaryl/α,β-unsaturated/α-hetero) is 1. The molecule has 0 saturated heterocycles. The van der Waals surface area contributed by atoms with Gasteiger partial charge in [0.05, 0.1) is 0 Å². The first-order valence-electron chi connectivity index (χ1n) is 3.48. The van der Waals surface area contributed by atoms with Crippen molar-refractivity contribution in [2.24, 2.45) is 4.99 Å². The van der Waals surface area contributed by atoms with Crippen LogP contribution in [0.25, 0.3) is 0 Å². The van der Waals surface area contributed by atoms with Crippen molar-refractivity contribution in [3.8, 4) is 0 Å². The number of hydrogen-bond donors (Lipinski definition) is 0. The van der Waals surface area contributed by atoms with Gasteiger partial charge in [-0.2, -0.15) is 0 Å². The van der Waals surface area contributed by atoms with E-state index in [1.165, 1.54) is 6.92 Å². The molecule has 0 atom stereocenters. The zero-order valence-corrected chi connectivity index (χ0v) is 7.16. The highest BCUT2D eigenvalue weighted by Crippen LogP contribution is 1.96. The van der Waals surface area contributed by atoms with Gasteiger partial charge >= 0.3 is 0 Å². The highest BCUT2D eigenvalue weighted by Gasteiger charge is 1.95. The number of carbonyl (C=O) groups is 1. The van der Waals surface area contributed by atoms with Crippen molar-refractivity contribution < 1.29 is 4.79 Å². The summed E-state index contributed by atoms with van der Waals surface area (Å²) >= 11 is 0. The monoisotopic (exact) mass is 151 g/mol. The van der Waals surface area contributed by atoms with Crippen LogP contribution in [0.5, 0.6) is 0 Å². The lowest BCUT2D eigenvalue weighted by atomic mass is 10.1. The normalized spacial score (nSPS) is 13.2. The van der Waals surface area contributed by atoms with Crippen molar-refractivity contribution in [2.75, 3.05) is 7.05 Å². The van der Waals surface area contributed by atoms with Crippen molar-refractivity contribution in [2.45, 2.75) is 13.8 Å². The van der Waals surface area contributed by atoms with Gasteiger partial charge in [-0.1, -0.05) is 12.2 Å². The minimum absolute atomic E-state index is 0.0583. The molecule has 0 bridgehead atoms. The van der Waals surface area contributed by atoms with Gasteiger partial charge in [-0.05, 0) is 19.9 Å². The van der Waals surface area contributed by atoms with Gasteiger partial charge in [-0.15, -0.1) is 0 Å². The molecule has 2 nitrogen and oxygen atoms in total. The molecule has 0 aliphatic heterocycles. The molecular weight excluding hydrogens is 138 g/mol. The summed E-state index contributed by atoms with van der Waals surface area (Å²) in [7, 11) is 1.67.